The molecule has 0 spiro atoms. The van der Waals surface area contributed by atoms with E-state index in [0.29, 0.717) is 10.8 Å². The molecule has 0 bridgehead atoms. The Kier molecular flexibility index (Phi) is 5.35. The zero-order valence-corrected chi connectivity index (χ0v) is 13.9. The minimum absolute atomic E-state index is 0.171. The van der Waals surface area contributed by atoms with E-state index in [9.17, 15) is 29.0 Å². The maximum Gasteiger partial charge on any atom is 0.418 e. The Balaban J connectivity index is 1.79. The summed E-state index contributed by atoms with van der Waals surface area (Å²) in [6.45, 7) is 0. The molecule has 28 heavy (non-hydrogen) atoms. The number of anilines is 1. The fourth-order valence-electron chi connectivity index (χ4n) is 2.53. The number of ether oxygens (including phenoxy) is 2. The second-order valence-electron chi connectivity index (χ2n) is 5.72. The van der Waals surface area contributed by atoms with Gasteiger partial charge in [0.2, 0.25) is 0 Å². The van der Waals surface area contributed by atoms with Crippen molar-refractivity contribution in [3.05, 3.63) is 52.8 Å². The molecule has 1 aliphatic rings. The second kappa shape index (κ2) is 7.72. The Hall–Kier alpha value is -3.35. The molecule has 11 nitrogen and oxygen atoms in total. The van der Waals surface area contributed by atoms with Crippen LogP contribution in [0.4, 0.5) is 15.0 Å². The van der Waals surface area contributed by atoms with E-state index < -0.39 is 53.9 Å². The van der Waals surface area contributed by atoms with Crippen molar-refractivity contribution in [1.29, 1.82) is 0 Å². The van der Waals surface area contributed by atoms with Crippen molar-refractivity contribution < 1.29 is 38.8 Å². The summed E-state index contributed by atoms with van der Waals surface area (Å²) < 4.78 is 24.5. The topological polar surface area (TPSA) is 160 Å². The summed E-state index contributed by atoms with van der Waals surface area (Å²) in [4.78, 5) is 38.2. The first-order valence-electron chi connectivity index (χ1n) is 7.85. The number of aromatic nitrogens is 2. The highest BCUT2D eigenvalue weighted by molar-refractivity contribution is 5.85. The Morgan fingerprint density at radius 2 is 1.89 bits per heavy atom. The number of para-hydroxylation sites is 1. The number of halogens is 1. The monoisotopic (exact) mass is 395 g/mol. The van der Waals surface area contributed by atoms with Crippen LogP contribution in [0.1, 0.15) is 6.23 Å². The summed E-state index contributed by atoms with van der Waals surface area (Å²) in [7, 11) is 0. The number of nitrogens with zero attached hydrogens (tertiary/aromatic N) is 2. The molecule has 1 unspecified atom stereocenters. The summed E-state index contributed by atoms with van der Waals surface area (Å²) in [6.07, 6.45) is -7.70. The molecule has 148 valence electrons. The van der Waals surface area contributed by atoms with Gasteiger partial charge in [0.05, 0.1) is 6.20 Å². The van der Waals surface area contributed by atoms with Gasteiger partial charge in [0.15, 0.2) is 24.0 Å². The molecule has 2 aromatic rings. The van der Waals surface area contributed by atoms with Gasteiger partial charge in [-0.05, 0) is 12.1 Å². The lowest BCUT2D eigenvalue weighted by Gasteiger charge is -2.17. The molecule has 3 rings (SSSR count). The van der Waals surface area contributed by atoms with Crippen LogP contribution >= 0.6 is 0 Å². The molecule has 4 atom stereocenters. The molecule has 0 saturated carbocycles. The van der Waals surface area contributed by atoms with Gasteiger partial charge < -0.3 is 24.8 Å². The number of benzene rings is 1. The average molecular weight is 395 g/mol. The second-order valence-corrected chi connectivity index (χ2v) is 5.72. The van der Waals surface area contributed by atoms with E-state index in [1.807, 2.05) is 5.32 Å². The van der Waals surface area contributed by atoms with Gasteiger partial charge in [0, 0.05) is 0 Å². The van der Waals surface area contributed by atoms with Gasteiger partial charge in [-0.3, -0.25) is 9.88 Å². The number of hydrogen-bond acceptors (Lipinski definition) is 8. The molecule has 0 radical (unpaired) electrons. The van der Waals surface area contributed by atoms with Crippen molar-refractivity contribution in [1.82, 2.24) is 9.55 Å². The van der Waals surface area contributed by atoms with Gasteiger partial charge in [0.25, 0.3) is 0 Å². The highest BCUT2D eigenvalue weighted by atomic mass is 19.1. The molecule has 1 fully saturated rings. The molecule has 1 aliphatic heterocycles. The van der Waals surface area contributed by atoms with Gasteiger partial charge >= 0.3 is 17.8 Å². The van der Waals surface area contributed by atoms with Crippen molar-refractivity contribution in [2.24, 2.45) is 0 Å². The van der Waals surface area contributed by atoms with E-state index in [-0.39, 0.29) is 5.75 Å². The van der Waals surface area contributed by atoms with Gasteiger partial charge in [0.1, 0.15) is 18.0 Å². The van der Waals surface area contributed by atoms with Crippen LogP contribution in [-0.2, 0) is 9.53 Å². The largest absolute Gasteiger partial charge is 0.479 e. The predicted molar refractivity (Wildman–Crippen MR) is 88.1 cm³/mol. The van der Waals surface area contributed by atoms with E-state index in [2.05, 4.69) is 4.98 Å². The van der Waals surface area contributed by atoms with Gasteiger partial charge in [-0.2, -0.15) is 4.98 Å². The molecule has 1 aromatic heterocycles. The van der Waals surface area contributed by atoms with Crippen LogP contribution < -0.4 is 15.7 Å². The number of nitrogens with one attached hydrogen (secondary N) is 1. The van der Waals surface area contributed by atoms with Crippen LogP contribution in [0, 0.1) is 5.82 Å². The van der Waals surface area contributed by atoms with Crippen LogP contribution in [0.5, 0.6) is 5.75 Å². The first-order chi connectivity index (χ1) is 13.3. The molecule has 4 N–H and O–H groups in total. The number of amides is 1. The Morgan fingerprint density at radius 1 is 1.21 bits per heavy atom. The maximum atomic E-state index is 14.3. The maximum absolute atomic E-state index is 14.3. The van der Waals surface area contributed by atoms with Gasteiger partial charge in [-0.25, -0.2) is 18.8 Å². The molecule has 1 amide bonds. The Bertz CT molecular complexity index is 951. The molecule has 12 heteroatoms. The first kappa shape index (κ1) is 19.4. The summed E-state index contributed by atoms with van der Waals surface area (Å²) in [5.41, 5.74) is -1.17. The van der Waals surface area contributed by atoms with E-state index in [4.69, 9.17) is 14.6 Å². The minimum atomic E-state index is -1.84. The van der Waals surface area contributed by atoms with E-state index >= 15 is 0 Å². The SMILES string of the molecule is O=C(Nc1nc(=O)n(C2O[C@H](C(=O)O)[C@@H](O)[C@H]2O)cc1F)Oc1ccccc1. The smallest absolute Gasteiger partial charge is 0.418 e. The number of aliphatic hydroxyl groups excluding tert-OH is 2. The number of carboxylic acid groups (broad SMARTS) is 1. The van der Waals surface area contributed by atoms with Crippen molar-refractivity contribution in [2.45, 2.75) is 24.5 Å². The first-order valence-corrected chi connectivity index (χ1v) is 7.85. The standard InChI is InChI=1S/C16H14FN3O8/c17-8-6-20(13-10(22)9(21)11(28-13)14(23)24)15(25)18-12(8)19-16(26)27-7-4-2-1-3-5-7/h1-6,9-11,13,21-22H,(H,23,24)(H,18,19,25,26)/t9-,10+,11-,13?/m0/s1. The third-order valence-corrected chi connectivity index (χ3v) is 3.84. The van der Waals surface area contributed by atoms with Crippen molar-refractivity contribution in [2.75, 3.05) is 5.32 Å². The number of aliphatic carboxylic acids is 1. The van der Waals surface area contributed by atoms with Gasteiger partial charge in [-0.15, -0.1) is 0 Å². The number of carbonyl (C=O) groups is 2. The zero-order chi connectivity index (χ0) is 20.4. The molecular formula is C16H14FN3O8. The summed E-state index contributed by atoms with van der Waals surface area (Å²) in [5, 5.41) is 30.4. The lowest BCUT2D eigenvalue weighted by molar-refractivity contribution is -0.155. The fraction of sp³-hybridized carbons (Fsp3) is 0.250. The fourth-order valence-corrected chi connectivity index (χ4v) is 2.53. The highest BCUT2D eigenvalue weighted by Crippen LogP contribution is 2.29. The van der Waals surface area contributed by atoms with Crippen LogP contribution in [0.3, 0.4) is 0 Å². The highest BCUT2D eigenvalue weighted by Gasteiger charge is 2.48. The predicted octanol–water partition coefficient (Wildman–Crippen LogP) is -0.303. The number of aliphatic hydroxyl groups is 2. The lowest BCUT2D eigenvalue weighted by atomic mass is 10.1. The quantitative estimate of drug-likeness (QED) is 0.545. The van der Waals surface area contributed by atoms with Crippen LogP contribution in [0.15, 0.2) is 41.3 Å². The molecule has 2 heterocycles. The molecule has 0 aliphatic carbocycles. The number of carboxylic acids is 1. The summed E-state index contributed by atoms with van der Waals surface area (Å²) in [6, 6.07) is 7.86. The summed E-state index contributed by atoms with van der Waals surface area (Å²) >= 11 is 0. The van der Waals surface area contributed by atoms with E-state index in [1.165, 1.54) is 12.1 Å². The lowest BCUT2D eigenvalue weighted by Crippen LogP contribution is -2.37. The minimum Gasteiger partial charge on any atom is -0.479 e. The Labute approximate surface area is 155 Å². The third kappa shape index (κ3) is 3.83. The van der Waals surface area contributed by atoms with E-state index in [1.54, 1.807) is 18.2 Å². The van der Waals surface area contributed by atoms with Crippen LogP contribution in [0.2, 0.25) is 0 Å². The number of rotatable bonds is 4. The summed E-state index contributed by atoms with van der Waals surface area (Å²) in [5.74, 6) is -3.33. The average Bonchev–Trinajstić information content (AvgIpc) is 2.94. The third-order valence-electron chi connectivity index (χ3n) is 3.84. The van der Waals surface area contributed by atoms with Crippen LogP contribution in [-0.4, -0.2) is 55.2 Å². The molecule has 1 aromatic carbocycles. The number of carbonyl (C=O) groups excluding carboxylic acids is 1. The Morgan fingerprint density at radius 3 is 2.50 bits per heavy atom. The van der Waals surface area contributed by atoms with E-state index in [0.717, 1.165) is 0 Å². The van der Waals surface area contributed by atoms with Crippen LogP contribution in [0.25, 0.3) is 0 Å². The number of hydrogen-bond donors (Lipinski definition) is 4. The molecule has 1 saturated heterocycles. The van der Waals surface area contributed by atoms with Crippen molar-refractivity contribution in [3.63, 3.8) is 0 Å². The zero-order valence-electron chi connectivity index (χ0n) is 13.9. The normalized spacial score (nSPS) is 24.0. The molecular weight excluding hydrogens is 381 g/mol. The van der Waals surface area contributed by atoms with Crippen molar-refractivity contribution in [3.8, 4) is 5.75 Å². The van der Waals surface area contributed by atoms with Gasteiger partial charge in [-0.1, -0.05) is 18.2 Å². The van der Waals surface area contributed by atoms with Crippen molar-refractivity contribution >= 4 is 17.9 Å².